The third kappa shape index (κ3) is 3.04. The van der Waals surface area contributed by atoms with E-state index in [1.807, 2.05) is 48.5 Å². The molecule has 1 aromatic heterocycles. The zero-order chi connectivity index (χ0) is 22.5. The minimum Gasteiger partial charge on any atom is -0.338 e. The number of hydrogen-bond donors (Lipinski definition) is 1. The third-order valence-corrected chi connectivity index (χ3v) is 6.50. The number of ether oxygens (including phenoxy) is 1. The molecule has 3 heterocycles. The normalized spacial score (nSPS) is 19.2. The molecule has 2 aromatic carbocycles. The van der Waals surface area contributed by atoms with Crippen LogP contribution in [0.4, 0.5) is 11.4 Å². The molecule has 0 saturated heterocycles. The van der Waals surface area contributed by atoms with Crippen LogP contribution in [0, 0.1) is 6.92 Å². The molecule has 0 fully saturated rings. The van der Waals surface area contributed by atoms with Gasteiger partial charge in [0, 0.05) is 29.9 Å². The minimum absolute atomic E-state index is 0.0367. The molecule has 1 unspecified atom stereocenters. The monoisotopic (exact) mass is 448 g/mol. The number of para-hydroxylation sites is 2. The second-order valence-corrected chi connectivity index (χ2v) is 8.62. The number of carbonyl (C=O) groups excluding carboxylic acids is 2. The van der Waals surface area contributed by atoms with Gasteiger partial charge in [-0.25, -0.2) is 4.98 Å². The van der Waals surface area contributed by atoms with E-state index in [9.17, 15) is 14.4 Å². The van der Waals surface area contributed by atoms with Crippen molar-refractivity contribution in [3.63, 3.8) is 0 Å². The van der Waals surface area contributed by atoms with E-state index in [4.69, 9.17) is 4.74 Å². The van der Waals surface area contributed by atoms with Crippen molar-refractivity contribution in [2.75, 3.05) is 22.6 Å². The molecule has 0 saturated carbocycles. The van der Waals surface area contributed by atoms with E-state index in [0.29, 0.717) is 27.8 Å². The number of aryl methyl sites for hydroxylation is 1. The Morgan fingerprint density at radius 1 is 1.16 bits per heavy atom. The summed E-state index contributed by atoms with van der Waals surface area (Å²) in [5, 5.41) is 0.346. The zero-order valence-corrected chi connectivity index (χ0v) is 18.3. The zero-order valence-electron chi connectivity index (χ0n) is 17.5. The van der Waals surface area contributed by atoms with E-state index >= 15 is 0 Å². The van der Waals surface area contributed by atoms with Gasteiger partial charge in [-0.2, -0.15) is 0 Å². The average molecular weight is 449 g/mol. The van der Waals surface area contributed by atoms with Crippen LogP contribution in [0.1, 0.15) is 16.8 Å². The van der Waals surface area contributed by atoms with Gasteiger partial charge in [-0.1, -0.05) is 48.2 Å². The highest BCUT2D eigenvalue weighted by molar-refractivity contribution is 7.99. The van der Waals surface area contributed by atoms with Crippen molar-refractivity contribution < 1.29 is 14.3 Å². The van der Waals surface area contributed by atoms with Crippen molar-refractivity contribution >= 4 is 35.0 Å². The molecule has 1 atom stereocenters. The Morgan fingerprint density at radius 2 is 1.88 bits per heavy atom. The molecule has 0 radical (unpaired) electrons. The summed E-state index contributed by atoms with van der Waals surface area (Å²) in [6.45, 7) is 1.92. The van der Waals surface area contributed by atoms with Crippen LogP contribution in [0.3, 0.4) is 0 Å². The number of amides is 2. The van der Waals surface area contributed by atoms with Crippen molar-refractivity contribution in [1.82, 2.24) is 9.97 Å². The quantitative estimate of drug-likeness (QED) is 0.489. The SMILES string of the molecule is Cc1cc(=O)[nH]c(SCC(=O)N2c3ccccc3COC23C(=O)N(C)c2ccccc23)n1. The fourth-order valence-electron chi connectivity index (χ4n) is 4.25. The number of anilines is 2. The molecule has 1 spiro atoms. The standard InChI is InChI=1S/C23H20N4O4S/c1-14-11-19(28)25-22(24-14)32-13-20(29)27-17-9-5-3-7-15(17)12-31-23(27)16-8-4-6-10-18(16)26(2)21(23)30/h3-11H,12-13H2,1-2H3,(H,24,25,28). The average Bonchev–Trinajstić information content (AvgIpc) is 2.99. The smallest absolute Gasteiger partial charge is 0.285 e. The van der Waals surface area contributed by atoms with Crippen LogP contribution in [0.2, 0.25) is 0 Å². The van der Waals surface area contributed by atoms with Crippen LogP contribution in [-0.2, 0) is 26.7 Å². The predicted octanol–water partition coefficient (Wildman–Crippen LogP) is 2.56. The summed E-state index contributed by atoms with van der Waals surface area (Å²) in [6.07, 6.45) is 0. The molecule has 2 aliphatic rings. The molecule has 2 aliphatic heterocycles. The van der Waals surface area contributed by atoms with Gasteiger partial charge in [0.05, 0.1) is 23.7 Å². The number of H-pyrrole nitrogens is 1. The summed E-state index contributed by atoms with van der Waals surface area (Å²) in [4.78, 5) is 48.9. The first-order valence-corrected chi connectivity index (χ1v) is 11.0. The maximum Gasteiger partial charge on any atom is 0.285 e. The van der Waals surface area contributed by atoms with Crippen LogP contribution in [-0.4, -0.2) is 34.6 Å². The van der Waals surface area contributed by atoms with Crippen LogP contribution in [0.5, 0.6) is 0 Å². The Bertz CT molecular complexity index is 1310. The number of nitrogens with one attached hydrogen (secondary N) is 1. The van der Waals surface area contributed by atoms with E-state index in [1.54, 1.807) is 14.0 Å². The molecule has 32 heavy (non-hydrogen) atoms. The number of aromatic nitrogens is 2. The highest BCUT2D eigenvalue weighted by Crippen LogP contribution is 2.49. The summed E-state index contributed by atoms with van der Waals surface area (Å²) in [5.41, 5.74) is 1.48. The minimum atomic E-state index is -1.58. The lowest BCUT2D eigenvalue weighted by molar-refractivity contribution is -0.152. The summed E-state index contributed by atoms with van der Waals surface area (Å²) in [5.74, 6) is -0.691. The Kier molecular flexibility index (Phi) is 4.87. The van der Waals surface area contributed by atoms with Crippen LogP contribution in [0.15, 0.2) is 64.5 Å². The van der Waals surface area contributed by atoms with Gasteiger partial charge in [0.1, 0.15) is 0 Å². The first kappa shape index (κ1) is 20.5. The summed E-state index contributed by atoms with van der Waals surface area (Å²) >= 11 is 1.11. The van der Waals surface area contributed by atoms with Gasteiger partial charge in [-0.05, 0) is 19.1 Å². The molecule has 162 valence electrons. The number of likely N-dealkylation sites (N-methyl/N-ethyl adjacent to an activating group) is 1. The molecular weight excluding hydrogens is 428 g/mol. The highest BCUT2D eigenvalue weighted by Gasteiger charge is 2.59. The molecule has 0 aliphatic carbocycles. The molecular formula is C23H20N4O4S. The summed E-state index contributed by atoms with van der Waals surface area (Å²) < 4.78 is 6.22. The van der Waals surface area contributed by atoms with E-state index < -0.39 is 5.72 Å². The molecule has 9 heteroatoms. The van der Waals surface area contributed by atoms with Gasteiger partial charge in [0.15, 0.2) is 5.16 Å². The van der Waals surface area contributed by atoms with E-state index in [-0.39, 0.29) is 29.7 Å². The van der Waals surface area contributed by atoms with Crippen molar-refractivity contribution in [2.45, 2.75) is 24.4 Å². The number of benzene rings is 2. The first-order chi connectivity index (χ1) is 15.4. The summed E-state index contributed by atoms with van der Waals surface area (Å²) in [7, 11) is 1.68. The number of hydrogen-bond acceptors (Lipinski definition) is 6. The topological polar surface area (TPSA) is 95.6 Å². The Morgan fingerprint density at radius 3 is 2.66 bits per heavy atom. The summed E-state index contributed by atoms with van der Waals surface area (Å²) in [6, 6.07) is 16.1. The lowest BCUT2D eigenvalue weighted by atomic mass is 9.97. The lowest BCUT2D eigenvalue weighted by Crippen LogP contribution is -2.59. The van der Waals surface area contributed by atoms with Crippen LogP contribution < -0.4 is 15.4 Å². The fraction of sp³-hybridized carbons (Fsp3) is 0.217. The van der Waals surface area contributed by atoms with Gasteiger partial charge in [0.2, 0.25) is 5.91 Å². The number of thioether (sulfide) groups is 1. The van der Waals surface area contributed by atoms with Gasteiger partial charge in [-0.3, -0.25) is 19.3 Å². The number of rotatable bonds is 3. The molecule has 2 amide bonds. The van der Waals surface area contributed by atoms with Crippen LogP contribution in [0.25, 0.3) is 0 Å². The van der Waals surface area contributed by atoms with E-state index in [0.717, 1.165) is 17.3 Å². The Hall–Kier alpha value is -3.43. The van der Waals surface area contributed by atoms with Gasteiger partial charge in [-0.15, -0.1) is 0 Å². The van der Waals surface area contributed by atoms with E-state index in [1.165, 1.54) is 15.9 Å². The maximum atomic E-state index is 13.7. The van der Waals surface area contributed by atoms with Gasteiger partial charge >= 0.3 is 0 Å². The highest BCUT2D eigenvalue weighted by atomic mass is 32.2. The largest absolute Gasteiger partial charge is 0.338 e. The number of aromatic amines is 1. The second-order valence-electron chi connectivity index (χ2n) is 7.65. The van der Waals surface area contributed by atoms with Crippen LogP contribution >= 0.6 is 11.8 Å². The predicted molar refractivity (Wildman–Crippen MR) is 121 cm³/mol. The molecule has 0 bridgehead atoms. The lowest BCUT2D eigenvalue weighted by Gasteiger charge is -2.43. The Balaban J connectivity index is 1.59. The van der Waals surface area contributed by atoms with Crippen molar-refractivity contribution in [2.24, 2.45) is 0 Å². The molecule has 8 nitrogen and oxygen atoms in total. The fourth-order valence-corrected chi connectivity index (χ4v) is 5.02. The molecule has 1 N–H and O–H groups in total. The number of carbonyl (C=O) groups is 2. The van der Waals surface area contributed by atoms with E-state index in [2.05, 4.69) is 9.97 Å². The third-order valence-electron chi connectivity index (χ3n) is 5.64. The van der Waals surface area contributed by atoms with Crippen molar-refractivity contribution in [1.29, 1.82) is 0 Å². The van der Waals surface area contributed by atoms with Gasteiger partial charge < -0.3 is 14.6 Å². The van der Waals surface area contributed by atoms with Crippen molar-refractivity contribution in [3.8, 4) is 0 Å². The molecule has 3 aromatic rings. The second kappa shape index (κ2) is 7.61. The number of nitrogens with zero attached hydrogens (tertiary/aromatic N) is 3. The number of fused-ring (bicyclic) bond motifs is 3. The maximum absolute atomic E-state index is 13.7. The Labute approximate surface area is 188 Å². The molecule has 5 rings (SSSR count). The van der Waals surface area contributed by atoms with Gasteiger partial charge in [0.25, 0.3) is 17.2 Å². The first-order valence-electron chi connectivity index (χ1n) is 10.0. The van der Waals surface area contributed by atoms with Crippen molar-refractivity contribution in [3.05, 3.63) is 81.8 Å².